The monoisotopic (exact) mass is 345 g/mol. The number of ether oxygens (including phenoxy) is 2. The fourth-order valence-electron chi connectivity index (χ4n) is 1.82. The van der Waals surface area contributed by atoms with Gasteiger partial charge in [0.05, 0.1) is 26.2 Å². The molecule has 0 aromatic heterocycles. The number of methoxy groups -OCH3 is 2. The summed E-state index contributed by atoms with van der Waals surface area (Å²) in [7, 11) is 1.06. The Morgan fingerprint density at radius 1 is 1.26 bits per heavy atom. The first-order valence-corrected chi connectivity index (χ1v) is 8.80. The minimum atomic E-state index is -3.53. The summed E-state index contributed by atoms with van der Waals surface area (Å²) in [5.74, 6) is 0.121. The largest absolute Gasteiger partial charge is 0.493 e. The van der Waals surface area contributed by atoms with Crippen molar-refractivity contribution in [2.75, 3.05) is 38.8 Å². The van der Waals surface area contributed by atoms with Gasteiger partial charge in [0.15, 0.2) is 11.5 Å². The maximum Gasteiger partial charge on any atom is 0.251 e. The highest BCUT2D eigenvalue weighted by Crippen LogP contribution is 2.37. The molecule has 1 rings (SSSR count). The van der Waals surface area contributed by atoms with E-state index < -0.39 is 10.0 Å². The van der Waals surface area contributed by atoms with Crippen molar-refractivity contribution in [3.63, 3.8) is 0 Å². The molecule has 130 valence electrons. The van der Waals surface area contributed by atoms with E-state index >= 15 is 0 Å². The summed E-state index contributed by atoms with van der Waals surface area (Å²) in [6.07, 6.45) is 1.01. The molecule has 1 amide bonds. The molecule has 0 heterocycles. The summed E-state index contributed by atoms with van der Waals surface area (Å²) >= 11 is 0. The number of carbonyl (C=O) groups excluding carboxylic acids is 1. The Bertz CT molecular complexity index is 661. The Labute approximate surface area is 136 Å². The van der Waals surface area contributed by atoms with Crippen molar-refractivity contribution in [1.29, 1.82) is 0 Å². The fourth-order valence-corrected chi connectivity index (χ4v) is 2.37. The number of nitrogens with one attached hydrogen (secondary N) is 3. The van der Waals surface area contributed by atoms with E-state index in [1.54, 1.807) is 7.05 Å². The first kappa shape index (κ1) is 19.0. The summed E-state index contributed by atoms with van der Waals surface area (Å²) in [5, 5.41) is 5.76. The van der Waals surface area contributed by atoms with E-state index in [-0.39, 0.29) is 34.7 Å². The molecule has 0 radical (unpaired) electrons. The molecule has 0 aliphatic rings. The summed E-state index contributed by atoms with van der Waals surface area (Å²) in [5.41, 5.74) is 0.401. The van der Waals surface area contributed by atoms with Crippen LogP contribution in [0.2, 0.25) is 0 Å². The second kappa shape index (κ2) is 8.02. The van der Waals surface area contributed by atoms with Gasteiger partial charge >= 0.3 is 0 Å². The minimum Gasteiger partial charge on any atom is -0.493 e. The van der Waals surface area contributed by atoms with Crippen LogP contribution >= 0.6 is 0 Å². The number of amides is 1. The normalized spacial score (nSPS) is 12.4. The summed E-state index contributed by atoms with van der Waals surface area (Å²) in [6.45, 7) is 2.35. The van der Waals surface area contributed by atoms with Crippen molar-refractivity contribution in [2.24, 2.45) is 0 Å². The van der Waals surface area contributed by atoms with Crippen LogP contribution in [0.4, 0.5) is 5.69 Å². The molecule has 8 nitrogen and oxygen atoms in total. The third-order valence-corrected chi connectivity index (χ3v) is 3.69. The molecule has 1 aromatic rings. The molecular weight excluding hydrogens is 322 g/mol. The van der Waals surface area contributed by atoms with Crippen LogP contribution in [0.15, 0.2) is 12.1 Å². The highest BCUT2D eigenvalue weighted by Gasteiger charge is 2.18. The number of sulfonamides is 1. The fraction of sp³-hybridized carbons (Fsp3) is 0.500. The van der Waals surface area contributed by atoms with Crippen LogP contribution in [0.25, 0.3) is 0 Å². The van der Waals surface area contributed by atoms with Gasteiger partial charge in [0.25, 0.3) is 5.91 Å². The topological polar surface area (TPSA) is 106 Å². The molecule has 1 unspecified atom stereocenters. The lowest BCUT2D eigenvalue weighted by molar-refractivity contribution is 0.0950. The molecule has 23 heavy (non-hydrogen) atoms. The number of anilines is 1. The molecule has 3 N–H and O–H groups in total. The van der Waals surface area contributed by atoms with E-state index in [0.29, 0.717) is 6.54 Å². The second-order valence-corrected chi connectivity index (χ2v) is 6.78. The lowest BCUT2D eigenvalue weighted by Crippen LogP contribution is -2.37. The van der Waals surface area contributed by atoms with Crippen molar-refractivity contribution in [3.8, 4) is 11.5 Å². The first-order valence-electron chi connectivity index (χ1n) is 6.91. The van der Waals surface area contributed by atoms with Crippen LogP contribution in [-0.2, 0) is 10.0 Å². The van der Waals surface area contributed by atoms with E-state index in [1.807, 2.05) is 6.92 Å². The van der Waals surface area contributed by atoms with Crippen LogP contribution in [-0.4, -0.2) is 54.4 Å². The second-order valence-electron chi connectivity index (χ2n) is 5.03. The van der Waals surface area contributed by atoms with Gasteiger partial charge in [-0.25, -0.2) is 8.42 Å². The van der Waals surface area contributed by atoms with E-state index in [1.165, 1.54) is 26.4 Å². The number of carbonyl (C=O) groups is 1. The van der Waals surface area contributed by atoms with Crippen LogP contribution in [0.1, 0.15) is 17.3 Å². The zero-order valence-corrected chi connectivity index (χ0v) is 14.7. The highest BCUT2D eigenvalue weighted by atomic mass is 32.2. The Morgan fingerprint density at radius 3 is 2.39 bits per heavy atom. The average Bonchev–Trinajstić information content (AvgIpc) is 2.49. The van der Waals surface area contributed by atoms with Crippen molar-refractivity contribution >= 4 is 21.6 Å². The first-order chi connectivity index (χ1) is 10.7. The van der Waals surface area contributed by atoms with Crippen molar-refractivity contribution in [3.05, 3.63) is 17.7 Å². The minimum absolute atomic E-state index is 0.104. The third kappa shape index (κ3) is 5.61. The van der Waals surface area contributed by atoms with Gasteiger partial charge in [-0.2, -0.15) is 0 Å². The van der Waals surface area contributed by atoms with Gasteiger partial charge in [-0.1, -0.05) is 0 Å². The zero-order chi connectivity index (χ0) is 17.6. The number of hydrogen-bond donors (Lipinski definition) is 3. The Hall–Kier alpha value is -2.00. The van der Waals surface area contributed by atoms with Gasteiger partial charge in [-0.15, -0.1) is 0 Å². The molecule has 0 spiro atoms. The van der Waals surface area contributed by atoms with Gasteiger partial charge in [0.1, 0.15) is 0 Å². The summed E-state index contributed by atoms with van der Waals surface area (Å²) in [6, 6.07) is 3.00. The number of rotatable bonds is 8. The Balaban J connectivity index is 3.18. The van der Waals surface area contributed by atoms with E-state index in [4.69, 9.17) is 9.47 Å². The average molecular weight is 345 g/mol. The predicted octanol–water partition coefficient (Wildman–Crippen LogP) is 0.413. The Kier molecular flexibility index (Phi) is 6.64. The number of hydrogen-bond acceptors (Lipinski definition) is 6. The molecule has 1 atom stereocenters. The van der Waals surface area contributed by atoms with Crippen molar-refractivity contribution in [2.45, 2.75) is 13.0 Å². The van der Waals surface area contributed by atoms with Gasteiger partial charge < -0.3 is 20.1 Å². The molecule has 1 aromatic carbocycles. The third-order valence-electron chi connectivity index (χ3n) is 3.10. The van der Waals surface area contributed by atoms with E-state index in [9.17, 15) is 13.2 Å². The molecule has 0 aliphatic heterocycles. The van der Waals surface area contributed by atoms with Gasteiger partial charge in [0.2, 0.25) is 10.0 Å². The predicted molar refractivity (Wildman–Crippen MR) is 88.9 cm³/mol. The zero-order valence-electron chi connectivity index (χ0n) is 13.9. The maximum absolute atomic E-state index is 12.2. The molecule has 0 saturated heterocycles. The summed E-state index contributed by atoms with van der Waals surface area (Å²) < 4.78 is 35.6. The molecule has 0 saturated carbocycles. The molecule has 9 heteroatoms. The van der Waals surface area contributed by atoms with Crippen molar-refractivity contribution < 1.29 is 22.7 Å². The quantitative estimate of drug-likeness (QED) is 0.630. The standard InChI is InChI=1S/C14H23N3O5S/c1-9(15-2)8-16-14(18)10-6-11(17-23(5,19)20)13(22-4)12(7-10)21-3/h6-7,9,15,17H,8H2,1-5H3,(H,16,18). The summed E-state index contributed by atoms with van der Waals surface area (Å²) in [4.78, 5) is 12.2. The molecule has 0 aliphatic carbocycles. The van der Waals surface area contributed by atoms with E-state index in [2.05, 4.69) is 15.4 Å². The smallest absolute Gasteiger partial charge is 0.251 e. The molecule has 0 bridgehead atoms. The van der Waals surface area contributed by atoms with Crippen LogP contribution in [0, 0.1) is 0 Å². The van der Waals surface area contributed by atoms with Gasteiger partial charge in [0, 0.05) is 18.2 Å². The van der Waals surface area contributed by atoms with Crippen LogP contribution in [0.3, 0.4) is 0 Å². The highest BCUT2D eigenvalue weighted by molar-refractivity contribution is 7.92. The lowest BCUT2D eigenvalue weighted by atomic mass is 10.1. The Morgan fingerprint density at radius 2 is 1.91 bits per heavy atom. The molecule has 0 fully saturated rings. The van der Waals surface area contributed by atoms with Crippen molar-refractivity contribution in [1.82, 2.24) is 10.6 Å². The SMILES string of the molecule is CNC(C)CNC(=O)c1cc(NS(C)(=O)=O)c(OC)c(OC)c1. The van der Waals surface area contributed by atoms with E-state index in [0.717, 1.165) is 6.26 Å². The maximum atomic E-state index is 12.2. The van der Waals surface area contributed by atoms with Gasteiger partial charge in [-0.3, -0.25) is 9.52 Å². The van der Waals surface area contributed by atoms with Crippen LogP contribution in [0.5, 0.6) is 11.5 Å². The molecular formula is C14H23N3O5S. The van der Waals surface area contributed by atoms with Crippen LogP contribution < -0.4 is 24.8 Å². The lowest BCUT2D eigenvalue weighted by Gasteiger charge is -2.16. The van der Waals surface area contributed by atoms with Gasteiger partial charge in [-0.05, 0) is 26.1 Å². The number of likely N-dealkylation sites (N-methyl/N-ethyl adjacent to an activating group) is 1. The number of benzene rings is 1.